The second-order valence-corrected chi connectivity index (χ2v) is 7.26. The van der Waals surface area contributed by atoms with Crippen LogP contribution in [0.15, 0.2) is 16.8 Å². The lowest BCUT2D eigenvalue weighted by atomic mass is 9.81. The molecule has 2 aliphatic rings. The van der Waals surface area contributed by atoms with E-state index in [1.54, 1.807) is 23.3 Å². The molecule has 3 heterocycles. The fraction of sp³-hybridized carbons (Fsp3) is 0.625. The molecule has 2 fully saturated rings. The van der Waals surface area contributed by atoms with Crippen LogP contribution in [0.3, 0.4) is 0 Å². The lowest BCUT2D eigenvalue weighted by Gasteiger charge is -2.25. The van der Waals surface area contributed by atoms with Gasteiger partial charge in [-0.1, -0.05) is 0 Å². The molecule has 0 unspecified atom stereocenters. The monoisotopic (exact) mass is 338 g/mol. The van der Waals surface area contributed by atoms with Crippen molar-refractivity contribution in [2.24, 2.45) is 11.3 Å². The summed E-state index contributed by atoms with van der Waals surface area (Å²) >= 11 is 1.65. The summed E-state index contributed by atoms with van der Waals surface area (Å²) in [7, 11) is 1.56. The fourth-order valence-electron chi connectivity index (χ4n) is 3.77. The van der Waals surface area contributed by atoms with Crippen molar-refractivity contribution in [3.63, 3.8) is 0 Å². The van der Waals surface area contributed by atoms with Crippen molar-refractivity contribution in [2.75, 3.05) is 39.9 Å². The lowest BCUT2D eigenvalue weighted by Crippen LogP contribution is -2.42. The van der Waals surface area contributed by atoms with Crippen LogP contribution < -0.4 is 0 Å². The summed E-state index contributed by atoms with van der Waals surface area (Å²) in [5.74, 6) is -0.784. The van der Waals surface area contributed by atoms with E-state index in [2.05, 4.69) is 16.3 Å². The topological polar surface area (TPSA) is 70.1 Å². The van der Waals surface area contributed by atoms with Crippen molar-refractivity contribution in [1.82, 2.24) is 9.80 Å². The maximum atomic E-state index is 12.2. The van der Waals surface area contributed by atoms with Crippen LogP contribution in [0, 0.1) is 11.3 Å². The number of carboxylic acid groups (broad SMARTS) is 1. The van der Waals surface area contributed by atoms with Gasteiger partial charge in [-0.3, -0.25) is 14.5 Å². The van der Waals surface area contributed by atoms with Gasteiger partial charge in [-0.2, -0.15) is 11.3 Å². The maximum absolute atomic E-state index is 12.2. The summed E-state index contributed by atoms with van der Waals surface area (Å²) in [6, 6.07) is 2.08. The maximum Gasteiger partial charge on any atom is 0.313 e. The molecule has 1 N–H and O–H groups in total. The molecule has 0 aromatic carbocycles. The zero-order valence-corrected chi connectivity index (χ0v) is 14.1. The molecule has 1 amide bonds. The third kappa shape index (κ3) is 3.13. The van der Waals surface area contributed by atoms with Gasteiger partial charge in [0.2, 0.25) is 5.91 Å². The van der Waals surface area contributed by atoms with Gasteiger partial charge in [0, 0.05) is 45.8 Å². The Morgan fingerprint density at radius 3 is 2.87 bits per heavy atom. The number of likely N-dealkylation sites (tertiary alicyclic amines) is 2. The van der Waals surface area contributed by atoms with Gasteiger partial charge in [0.05, 0.1) is 13.0 Å². The van der Waals surface area contributed by atoms with Crippen LogP contribution >= 0.6 is 11.3 Å². The average molecular weight is 338 g/mol. The molecule has 1 aromatic heterocycles. The Bertz CT molecular complexity index is 577. The smallest absolute Gasteiger partial charge is 0.313 e. The minimum atomic E-state index is -0.821. The second kappa shape index (κ2) is 6.59. The Balaban J connectivity index is 1.67. The van der Waals surface area contributed by atoms with Gasteiger partial charge in [-0.15, -0.1) is 0 Å². The summed E-state index contributed by atoms with van der Waals surface area (Å²) in [5, 5.41) is 13.9. The first-order chi connectivity index (χ1) is 11.0. The molecule has 3 rings (SSSR count). The summed E-state index contributed by atoms with van der Waals surface area (Å²) in [6.45, 7) is 3.26. The molecule has 7 heteroatoms. The molecule has 2 saturated heterocycles. The number of fused-ring (bicyclic) bond motifs is 1. The average Bonchev–Trinajstić information content (AvgIpc) is 3.19. The lowest BCUT2D eigenvalue weighted by molar-refractivity contribution is -0.149. The van der Waals surface area contributed by atoms with Crippen molar-refractivity contribution >= 4 is 23.2 Å². The first kappa shape index (κ1) is 16.4. The number of carbonyl (C=O) groups is 2. The SMILES string of the molecule is COCCC(=O)N1C[C@@H]2CN(Cc3ccsc3)C[C@]2(C(=O)O)C1. The van der Waals surface area contributed by atoms with Crippen molar-refractivity contribution < 1.29 is 19.4 Å². The minimum absolute atomic E-state index is 0.00475. The number of hydrogen-bond donors (Lipinski definition) is 1. The van der Waals surface area contributed by atoms with E-state index in [4.69, 9.17) is 4.74 Å². The minimum Gasteiger partial charge on any atom is -0.481 e. The fourth-order valence-corrected chi connectivity index (χ4v) is 4.43. The number of aliphatic carboxylic acids is 1. The Kier molecular flexibility index (Phi) is 4.70. The van der Waals surface area contributed by atoms with Crippen LogP contribution in [0.4, 0.5) is 0 Å². The van der Waals surface area contributed by atoms with Crippen molar-refractivity contribution in [3.8, 4) is 0 Å². The number of nitrogens with zero attached hydrogens (tertiary/aromatic N) is 2. The predicted octanol–water partition coefficient (Wildman–Crippen LogP) is 1.13. The van der Waals surface area contributed by atoms with Crippen LogP contribution in [0.5, 0.6) is 0 Å². The van der Waals surface area contributed by atoms with Crippen LogP contribution in [0.1, 0.15) is 12.0 Å². The Labute approximate surface area is 139 Å². The molecule has 0 saturated carbocycles. The van der Waals surface area contributed by atoms with Gasteiger partial charge in [0.25, 0.3) is 0 Å². The Morgan fingerprint density at radius 1 is 1.43 bits per heavy atom. The van der Waals surface area contributed by atoms with E-state index in [1.165, 1.54) is 5.56 Å². The van der Waals surface area contributed by atoms with E-state index in [0.717, 1.165) is 13.1 Å². The second-order valence-electron chi connectivity index (χ2n) is 6.48. The summed E-state index contributed by atoms with van der Waals surface area (Å²) in [4.78, 5) is 28.0. The van der Waals surface area contributed by atoms with E-state index in [9.17, 15) is 14.7 Å². The van der Waals surface area contributed by atoms with E-state index < -0.39 is 11.4 Å². The van der Waals surface area contributed by atoms with E-state index in [0.29, 0.717) is 32.7 Å². The third-order valence-corrected chi connectivity index (χ3v) is 5.70. The van der Waals surface area contributed by atoms with Gasteiger partial charge >= 0.3 is 5.97 Å². The zero-order valence-electron chi connectivity index (χ0n) is 13.2. The van der Waals surface area contributed by atoms with Crippen LogP contribution in [0.25, 0.3) is 0 Å². The number of ether oxygens (including phenoxy) is 1. The number of hydrogen-bond acceptors (Lipinski definition) is 5. The molecule has 0 bridgehead atoms. The number of carboxylic acids is 1. The van der Waals surface area contributed by atoms with Crippen LogP contribution in [-0.4, -0.2) is 66.7 Å². The first-order valence-corrected chi connectivity index (χ1v) is 8.73. The van der Waals surface area contributed by atoms with E-state index in [-0.39, 0.29) is 11.8 Å². The highest BCUT2D eigenvalue weighted by molar-refractivity contribution is 7.07. The number of rotatable bonds is 6. The van der Waals surface area contributed by atoms with E-state index in [1.807, 2.05) is 5.38 Å². The van der Waals surface area contributed by atoms with Crippen molar-refractivity contribution in [3.05, 3.63) is 22.4 Å². The summed E-state index contributed by atoms with van der Waals surface area (Å²) in [6.07, 6.45) is 0.317. The molecular formula is C16H22N2O4S. The normalized spacial score (nSPS) is 27.3. The van der Waals surface area contributed by atoms with Gasteiger partial charge < -0.3 is 14.7 Å². The van der Waals surface area contributed by atoms with Gasteiger partial charge in [-0.25, -0.2) is 0 Å². The largest absolute Gasteiger partial charge is 0.481 e. The number of amides is 1. The molecule has 0 radical (unpaired) electrons. The highest BCUT2D eigenvalue weighted by Gasteiger charge is 2.58. The molecule has 1 aromatic rings. The molecule has 2 atom stereocenters. The quantitative estimate of drug-likeness (QED) is 0.842. The van der Waals surface area contributed by atoms with Gasteiger partial charge in [-0.05, 0) is 22.4 Å². The number of carbonyl (C=O) groups excluding carboxylic acids is 1. The van der Waals surface area contributed by atoms with Gasteiger partial charge in [0.15, 0.2) is 0 Å². The predicted molar refractivity (Wildman–Crippen MR) is 86.2 cm³/mol. The molecule has 23 heavy (non-hydrogen) atoms. The Hall–Kier alpha value is -1.44. The van der Waals surface area contributed by atoms with Gasteiger partial charge in [0.1, 0.15) is 5.41 Å². The number of thiophene rings is 1. The molecule has 6 nitrogen and oxygen atoms in total. The zero-order chi connectivity index (χ0) is 16.4. The highest BCUT2D eigenvalue weighted by Crippen LogP contribution is 2.43. The third-order valence-electron chi connectivity index (χ3n) is 4.96. The first-order valence-electron chi connectivity index (χ1n) is 7.78. The molecule has 0 spiro atoms. The van der Waals surface area contributed by atoms with Crippen LogP contribution in [-0.2, 0) is 20.9 Å². The van der Waals surface area contributed by atoms with Crippen LogP contribution in [0.2, 0.25) is 0 Å². The van der Waals surface area contributed by atoms with Crippen molar-refractivity contribution in [1.29, 1.82) is 0 Å². The molecule has 126 valence electrons. The Morgan fingerprint density at radius 2 is 2.26 bits per heavy atom. The molecule has 0 aliphatic carbocycles. The molecule has 2 aliphatic heterocycles. The van der Waals surface area contributed by atoms with E-state index >= 15 is 0 Å². The standard InChI is InChI=1S/C16H22N2O4S/c1-22-4-2-14(19)18-8-13-7-17(6-12-3-5-23-9-12)10-16(13,11-18)15(20)21/h3,5,9,13H,2,4,6-8,10-11H2,1H3,(H,20,21)/t13-,16-/m0/s1. The number of methoxy groups -OCH3 is 1. The van der Waals surface area contributed by atoms with Crippen molar-refractivity contribution in [2.45, 2.75) is 13.0 Å². The molecular weight excluding hydrogens is 316 g/mol. The highest BCUT2D eigenvalue weighted by atomic mass is 32.1. The summed E-state index contributed by atoms with van der Waals surface area (Å²) < 4.78 is 4.94. The summed E-state index contributed by atoms with van der Waals surface area (Å²) in [5.41, 5.74) is 0.405.